The molecule has 0 bridgehead atoms. The second-order valence-electron chi connectivity index (χ2n) is 5.46. The summed E-state index contributed by atoms with van der Waals surface area (Å²) in [6.07, 6.45) is 5.74. The van der Waals surface area contributed by atoms with E-state index in [2.05, 4.69) is 0 Å². The molecular weight excluding hydrogens is 244 g/mol. The average Bonchev–Trinajstić information content (AvgIpc) is 2.43. The number of amides is 2. The molecule has 5 nitrogen and oxygen atoms in total. The molecule has 1 aliphatic carbocycles. The molecule has 0 saturated heterocycles. The molecule has 1 saturated carbocycles. The second-order valence-corrected chi connectivity index (χ2v) is 5.46. The summed E-state index contributed by atoms with van der Waals surface area (Å²) in [6.45, 7) is 4.36. The van der Waals surface area contributed by atoms with E-state index in [1.54, 1.807) is 16.7 Å². The Labute approximate surface area is 115 Å². The fourth-order valence-corrected chi connectivity index (χ4v) is 2.60. The number of rotatable bonds is 5. The minimum Gasteiger partial charge on any atom is -0.481 e. The van der Waals surface area contributed by atoms with Gasteiger partial charge >= 0.3 is 12.0 Å². The van der Waals surface area contributed by atoms with Crippen LogP contribution < -0.4 is 0 Å². The van der Waals surface area contributed by atoms with Crippen LogP contribution in [0.15, 0.2) is 0 Å². The molecule has 1 N–H and O–H groups in total. The molecule has 0 spiro atoms. The second kappa shape index (κ2) is 7.36. The Bertz CT molecular complexity index is 314. The highest BCUT2D eigenvalue weighted by Crippen LogP contribution is 2.22. The van der Waals surface area contributed by atoms with Crippen molar-refractivity contribution in [2.45, 2.75) is 52.0 Å². The molecule has 0 heterocycles. The number of carboxylic acid groups (broad SMARTS) is 1. The third-order valence-electron chi connectivity index (χ3n) is 3.99. The van der Waals surface area contributed by atoms with E-state index in [1.807, 2.05) is 14.0 Å². The lowest BCUT2D eigenvalue weighted by atomic mass is 9.95. The third kappa shape index (κ3) is 4.40. The number of carboxylic acids is 1. The summed E-state index contributed by atoms with van der Waals surface area (Å²) in [7, 11) is 1.84. The van der Waals surface area contributed by atoms with E-state index in [9.17, 15) is 9.59 Å². The van der Waals surface area contributed by atoms with Gasteiger partial charge < -0.3 is 14.9 Å². The highest BCUT2D eigenvalue weighted by atomic mass is 16.4. The molecule has 110 valence electrons. The van der Waals surface area contributed by atoms with Crippen molar-refractivity contribution >= 4 is 12.0 Å². The van der Waals surface area contributed by atoms with Crippen molar-refractivity contribution in [1.82, 2.24) is 9.80 Å². The summed E-state index contributed by atoms with van der Waals surface area (Å²) in [5.41, 5.74) is 0. The summed E-state index contributed by atoms with van der Waals surface area (Å²) >= 11 is 0. The zero-order chi connectivity index (χ0) is 14.4. The van der Waals surface area contributed by atoms with Crippen molar-refractivity contribution in [3.05, 3.63) is 0 Å². The summed E-state index contributed by atoms with van der Waals surface area (Å²) in [4.78, 5) is 26.7. The van der Waals surface area contributed by atoms with Crippen LogP contribution >= 0.6 is 0 Å². The Morgan fingerprint density at radius 2 is 1.84 bits per heavy atom. The summed E-state index contributed by atoms with van der Waals surface area (Å²) in [5, 5.41) is 8.94. The maximum absolute atomic E-state index is 12.4. The van der Waals surface area contributed by atoms with Gasteiger partial charge in [-0.05, 0) is 19.8 Å². The Kier molecular flexibility index (Phi) is 6.12. The number of urea groups is 1. The van der Waals surface area contributed by atoms with Gasteiger partial charge in [0.1, 0.15) is 0 Å². The van der Waals surface area contributed by atoms with Crippen LogP contribution in [0.2, 0.25) is 0 Å². The van der Waals surface area contributed by atoms with E-state index in [1.165, 1.54) is 19.3 Å². The first-order valence-corrected chi connectivity index (χ1v) is 7.21. The van der Waals surface area contributed by atoms with Gasteiger partial charge in [-0.15, -0.1) is 0 Å². The number of hydrogen-bond donors (Lipinski definition) is 1. The highest BCUT2D eigenvalue weighted by molar-refractivity contribution is 5.76. The molecule has 5 heteroatoms. The largest absolute Gasteiger partial charge is 0.481 e. The first-order chi connectivity index (χ1) is 8.97. The zero-order valence-corrected chi connectivity index (χ0v) is 12.3. The van der Waals surface area contributed by atoms with Crippen molar-refractivity contribution in [3.63, 3.8) is 0 Å². The first kappa shape index (κ1) is 15.8. The number of carbonyl (C=O) groups is 2. The van der Waals surface area contributed by atoms with Crippen LogP contribution in [0, 0.1) is 5.92 Å². The summed E-state index contributed by atoms with van der Waals surface area (Å²) in [6, 6.07) is 0.276. The fourth-order valence-electron chi connectivity index (χ4n) is 2.60. The summed E-state index contributed by atoms with van der Waals surface area (Å²) in [5.74, 6) is -1.38. The Morgan fingerprint density at radius 1 is 1.26 bits per heavy atom. The van der Waals surface area contributed by atoms with Gasteiger partial charge in [0.05, 0.1) is 5.92 Å². The van der Waals surface area contributed by atoms with E-state index in [-0.39, 0.29) is 12.6 Å². The van der Waals surface area contributed by atoms with E-state index in [0.29, 0.717) is 12.6 Å². The molecular formula is C14H26N2O3. The van der Waals surface area contributed by atoms with E-state index in [0.717, 1.165) is 12.8 Å². The van der Waals surface area contributed by atoms with Gasteiger partial charge in [-0.2, -0.15) is 0 Å². The van der Waals surface area contributed by atoms with Crippen LogP contribution in [0.5, 0.6) is 0 Å². The standard InChI is InChI=1S/C14H26N2O3/c1-4-16(10-11(2)13(17)18)14(19)15(3)12-8-6-5-7-9-12/h11-12H,4-10H2,1-3H3,(H,17,18). The van der Waals surface area contributed by atoms with Crippen LogP contribution in [0.1, 0.15) is 46.0 Å². The highest BCUT2D eigenvalue weighted by Gasteiger charge is 2.27. The van der Waals surface area contributed by atoms with Gasteiger partial charge in [0.2, 0.25) is 0 Å². The number of hydrogen-bond acceptors (Lipinski definition) is 2. The first-order valence-electron chi connectivity index (χ1n) is 7.21. The number of nitrogens with zero attached hydrogens (tertiary/aromatic N) is 2. The molecule has 19 heavy (non-hydrogen) atoms. The topological polar surface area (TPSA) is 60.9 Å². The van der Waals surface area contributed by atoms with Gasteiger partial charge in [0.15, 0.2) is 0 Å². The molecule has 0 aromatic rings. The van der Waals surface area contributed by atoms with Crippen molar-refractivity contribution in [2.24, 2.45) is 5.92 Å². The average molecular weight is 270 g/mol. The van der Waals surface area contributed by atoms with Crippen LogP contribution in [0.4, 0.5) is 4.79 Å². The number of carbonyl (C=O) groups excluding carboxylic acids is 1. The lowest BCUT2D eigenvalue weighted by Crippen LogP contribution is -2.48. The van der Waals surface area contributed by atoms with Crippen LogP contribution in [-0.4, -0.2) is 53.1 Å². The van der Waals surface area contributed by atoms with Crippen molar-refractivity contribution < 1.29 is 14.7 Å². The Hall–Kier alpha value is -1.26. The van der Waals surface area contributed by atoms with Gasteiger partial charge in [-0.3, -0.25) is 4.79 Å². The van der Waals surface area contributed by atoms with E-state index >= 15 is 0 Å². The van der Waals surface area contributed by atoms with Crippen LogP contribution in [0.25, 0.3) is 0 Å². The normalized spacial score (nSPS) is 17.8. The molecule has 0 radical (unpaired) electrons. The zero-order valence-electron chi connectivity index (χ0n) is 12.3. The molecule has 1 atom stereocenters. The van der Waals surface area contributed by atoms with Crippen molar-refractivity contribution in [2.75, 3.05) is 20.1 Å². The molecule has 0 aliphatic heterocycles. The van der Waals surface area contributed by atoms with Gasteiger partial charge in [-0.25, -0.2) is 4.79 Å². The Morgan fingerprint density at radius 3 is 2.32 bits per heavy atom. The smallest absolute Gasteiger partial charge is 0.320 e. The molecule has 2 amide bonds. The predicted molar refractivity (Wildman–Crippen MR) is 74.1 cm³/mol. The minimum absolute atomic E-state index is 0.0394. The maximum Gasteiger partial charge on any atom is 0.320 e. The quantitative estimate of drug-likeness (QED) is 0.834. The summed E-state index contributed by atoms with van der Waals surface area (Å²) < 4.78 is 0. The molecule has 0 aromatic carbocycles. The van der Waals surface area contributed by atoms with E-state index < -0.39 is 11.9 Å². The Balaban J connectivity index is 2.58. The monoisotopic (exact) mass is 270 g/mol. The van der Waals surface area contributed by atoms with Gasteiger partial charge in [0, 0.05) is 26.2 Å². The number of aliphatic carboxylic acids is 1. The van der Waals surface area contributed by atoms with E-state index in [4.69, 9.17) is 5.11 Å². The van der Waals surface area contributed by atoms with Crippen molar-refractivity contribution in [1.29, 1.82) is 0 Å². The van der Waals surface area contributed by atoms with Gasteiger partial charge in [0.25, 0.3) is 0 Å². The third-order valence-corrected chi connectivity index (χ3v) is 3.99. The molecule has 1 fully saturated rings. The maximum atomic E-state index is 12.4. The molecule has 1 unspecified atom stereocenters. The molecule has 1 rings (SSSR count). The fraction of sp³-hybridized carbons (Fsp3) is 0.857. The molecule has 0 aromatic heterocycles. The minimum atomic E-state index is -0.855. The van der Waals surface area contributed by atoms with Crippen molar-refractivity contribution in [3.8, 4) is 0 Å². The SMILES string of the molecule is CCN(CC(C)C(=O)O)C(=O)N(C)C1CCCCC1. The molecule has 1 aliphatic rings. The van der Waals surface area contributed by atoms with Crippen LogP contribution in [-0.2, 0) is 4.79 Å². The lowest BCUT2D eigenvalue weighted by molar-refractivity contribution is -0.141. The lowest BCUT2D eigenvalue weighted by Gasteiger charge is -2.35. The van der Waals surface area contributed by atoms with Crippen LogP contribution in [0.3, 0.4) is 0 Å². The van der Waals surface area contributed by atoms with Gasteiger partial charge in [-0.1, -0.05) is 26.2 Å². The predicted octanol–water partition coefficient (Wildman–Crippen LogP) is 2.41.